The van der Waals surface area contributed by atoms with Gasteiger partial charge in [-0.15, -0.1) is 0 Å². The van der Waals surface area contributed by atoms with Gasteiger partial charge in [0.1, 0.15) is 5.52 Å². The Morgan fingerprint density at radius 3 is 2.88 bits per heavy atom. The first-order valence-electron chi connectivity index (χ1n) is 5.28. The molecule has 1 atom stereocenters. The van der Waals surface area contributed by atoms with Gasteiger partial charge >= 0.3 is 0 Å². The topological polar surface area (TPSA) is 72.3 Å². The molecule has 0 bridgehead atoms. The molecule has 0 spiro atoms. The summed E-state index contributed by atoms with van der Waals surface area (Å²) in [7, 11) is 0. The lowest BCUT2D eigenvalue weighted by atomic mass is 9.83. The van der Waals surface area contributed by atoms with Crippen molar-refractivity contribution in [2.45, 2.75) is 19.3 Å². The maximum atomic E-state index is 9.39. The van der Waals surface area contributed by atoms with Crippen molar-refractivity contribution in [1.82, 2.24) is 4.98 Å². The van der Waals surface area contributed by atoms with E-state index in [1.165, 1.54) is 0 Å². The average Bonchev–Trinajstić information content (AvgIpc) is 2.67. The highest BCUT2D eigenvalue weighted by molar-refractivity contribution is 5.73. The Hall–Kier alpha value is -1.39. The molecule has 4 nitrogen and oxygen atoms in total. The SMILES string of the molecule is Cc1nc2ccc(C(C)(CN)CO)cc2o1. The summed E-state index contributed by atoms with van der Waals surface area (Å²) in [6.07, 6.45) is 0. The fourth-order valence-corrected chi connectivity index (χ4v) is 1.69. The smallest absolute Gasteiger partial charge is 0.192 e. The zero-order valence-corrected chi connectivity index (χ0v) is 9.53. The van der Waals surface area contributed by atoms with Gasteiger partial charge in [-0.1, -0.05) is 13.0 Å². The summed E-state index contributed by atoms with van der Waals surface area (Å²) in [6.45, 7) is 4.15. The van der Waals surface area contributed by atoms with Crippen molar-refractivity contribution < 1.29 is 9.52 Å². The van der Waals surface area contributed by atoms with Crippen molar-refractivity contribution >= 4 is 11.1 Å². The van der Waals surface area contributed by atoms with Gasteiger partial charge < -0.3 is 15.3 Å². The molecule has 0 radical (unpaired) electrons. The van der Waals surface area contributed by atoms with Crippen LogP contribution in [0.2, 0.25) is 0 Å². The fraction of sp³-hybridized carbons (Fsp3) is 0.417. The van der Waals surface area contributed by atoms with Crippen LogP contribution in [0.15, 0.2) is 22.6 Å². The van der Waals surface area contributed by atoms with E-state index in [0.717, 1.165) is 16.7 Å². The number of aromatic nitrogens is 1. The van der Waals surface area contributed by atoms with Crippen LogP contribution in [-0.4, -0.2) is 23.2 Å². The molecule has 1 heterocycles. The van der Waals surface area contributed by atoms with Gasteiger partial charge in [-0.25, -0.2) is 4.98 Å². The van der Waals surface area contributed by atoms with Crippen LogP contribution in [0, 0.1) is 6.92 Å². The maximum Gasteiger partial charge on any atom is 0.192 e. The molecule has 1 aromatic carbocycles. The molecule has 4 heteroatoms. The quantitative estimate of drug-likeness (QED) is 0.818. The third-order valence-electron chi connectivity index (χ3n) is 2.99. The first-order valence-corrected chi connectivity index (χ1v) is 5.28. The number of oxazole rings is 1. The second-order valence-electron chi connectivity index (χ2n) is 4.34. The van der Waals surface area contributed by atoms with E-state index in [1.54, 1.807) is 0 Å². The summed E-state index contributed by atoms with van der Waals surface area (Å²) < 4.78 is 5.46. The fourth-order valence-electron chi connectivity index (χ4n) is 1.69. The summed E-state index contributed by atoms with van der Waals surface area (Å²) in [5, 5.41) is 9.39. The molecule has 0 aliphatic heterocycles. The average molecular weight is 220 g/mol. The van der Waals surface area contributed by atoms with Crippen molar-refractivity contribution in [3.8, 4) is 0 Å². The summed E-state index contributed by atoms with van der Waals surface area (Å²) in [5.74, 6) is 0.644. The molecule has 2 aromatic rings. The molecule has 86 valence electrons. The molecular weight excluding hydrogens is 204 g/mol. The number of aryl methyl sites for hydroxylation is 1. The number of rotatable bonds is 3. The number of benzene rings is 1. The Bertz CT molecular complexity index is 501. The van der Waals surface area contributed by atoms with Gasteiger partial charge in [-0.2, -0.15) is 0 Å². The van der Waals surface area contributed by atoms with Crippen LogP contribution >= 0.6 is 0 Å². The lowest BCUT2D eigenvalue weighted by Crippen LogP contribution is -2.35. The van der Waals surface area contributed by atoms with Gasteiger partial charge in [0.25, 0.3) is 0 Å². The maximum absolute atomic E-state index is 9.39. The molecule has 1 unspecified atom stereocenters. The minimum atomic E-state index is -0.422. The first-order chi connectivity index (χ1) is 7.59. The van der Waals surface area contributed by atoms with Gasteiger partial charge in [0.15, 0.2) is 11.5 Å². The minimum absolute atomic E-state index is 0.0160. The lowest BCUT2D eigenvalue weighted by Gasteiger charge is -2.25. The number of nitrogens with zero attached hydrogens (tertiary/aromatic N) is 1. The standard InChI is InChI=1S/C12H16N2O2/c1-8-14-10-4-3-9(5-11(10)16-8)12(2,6-13)7-15/h3-5,15H,6-7,13H2,1-2H3. The molecule has 0 saturated carbocycles. The van der Waals surface area contributed by atoms with E-state index in [-0.39, 0.29) is 6.61 Å². The van der Waals surface area contributed by atoms with Gasteiger partial charge in [0.2, 0.25) is 0 Å². The van der Waals surface area contributed by atoms with Crippen molar-refractivity contribution in [2.75, 3.05) is 13.2 Å². The molecule has 0 aliphatic carbocycles. The Labute approximate surface area is 94.1 Å². The van der Waals surface area contributed by atoms with Crippen molar-refractivity contribution in [2.24, 2.45) is 5.73 Å². The van der Waals surface area contributed by atoms with Crippen molar-refractivity contribution in [1.29, 1.82) is 0 Å². The van der Waals surface area contributed by atoms with Crippen molar-refractivity contribution in [3.05, 3.63) is 29.7 Å². The highest BCUT2D eigenvalue weighted by Gasteiger charge is 2.24. The van der Waals surface area contributed by atoms with E-state index in [1.807, 2.05) is 32.0 Å². The largest absolute Gasteiger partial charge is 0.441 e. The summed E-state index contributed by atoms with van der Waals surface area (Å²) >= 11 is 0. The van der Waals surface area contributed by atoms with Crippen LogP contribution in [0.5, 0.6) is 0 Å². The molecule has 16 heavy (non-hydrogen) atoms. The van der Waals surface area contributed by atoms with Gasteiger partial charge in [0, 0.05) is 18.9 Å². The van der Waals surface area contributed by atoms with E-state index >= 15 is 0 Å². The minimum Gasteiger partial charge on any atom is -0.441 e. The number of aliphatic hydroxyl groups excluding tert-OH is 1. The third-order valence-corrected chi connectivity index (χ3v) is 2.99. The Balaban J connectivity index is 2.53. The zero-order valence-electron chi connectivity index (χ0n) is 9.53. The number of hydrogen-bond donors (Lipinski definition) is 2. The van der Waals surface area contributed by atoms with E-state index in [9.17, 15) is 5.11 Å². The van der Waals surface area contributed by atoms with Crippen LogP contribution in [0.1, 0.15) is 18.4 Å². The van der Waals surface area contributed by atoms with E-state index in [4.69, 9.17) is 10.2 Å². The first kappa shape index (κ1) is 11.1. The highest BCUT2D eigenvalue weighted by Crippen LogP contribution is 2.26. The predicted molar refractivity (Wildman–Crippen MR) is 62.2 cm³/mol. The summed E-state index contributed by atoms with van der Waals surface area (Å²) in [6, 6.07) is 5.73. The number of fused-ring (bicyclic) bond motifs is 1. The third kappa shape index (κ3) is 1.70. The Morgan fingerprint density at radius 1 is 1.50 bits per heavy atom. The molecule has 0 amide bonds. The van der Waals surface area contributed by atoms with Crippen LogP contribution in [0.4, 0.5) is 0 Å². The Kier molecular flexibility index (Phi) is 2.69. The van der Waals surface area contributed by atoms with E-state index in [0.29, 0.717) is 12.4 Å². The van der Waals surface area contributed by atoms with Crippen LogP contribution in [0.25, 0.3) is 11.1 Å². The van der Waals surface area contributed by atoms with E-state index in [2.05, 4.69) is 4.98 Å². The molecule has 0 fully saturated rings. The van der Waals surface area contributed by atoms with E-state index < -0.39 is 5.41 Å². The summed E-state index contributed by atoms with van der Waals surface area (Å²) in [4.78, 5) is 4.23. The lowest BCUT2D eigenvalue weighted by molar-refractivity contribution is 0.210. The van der Waals surface area contributed by atoms with Gasteiger partial charge in [-0.3, -0.25) is 0 Å². The molecule has 0 saturated heterocycles. The molecule has 0 aliphatic rings. The molecule has 2 rings (SSSR count). The number of nitrogens with two attached hydrogens (primary N) is 1. The molecule has 1 aromatic heterocycles. The van der Waals surface area contributed by atoms with Crippen molar-refractivity contribution in [3.63, 3.8) is 0 Å². The number of aliphatic hydroxyl groups is 1. The van der Waals surface area contributed by atoms with Gasteiger partial charge in [0.05, 0.1) is 6.61 Å². The van der Waals surface area contributed by atoms with Crippen LogP contribution in [0.3, 0.4) is 0 Å². The highest BCUT2D eigenvalue weighted by atomic mass is 16.3. The Morgan fingerprint density at radius 2 is 2.25 bits per heavy atom. The monoisotopic (exact) mass is 220 g/mol. The molecule has 3 N–H and O–H groups in total. The zero-order chi connectivity index (χ0) is 11.8. The molecular formula is C12H16N2O2. The van der Waals surface area contributed by atoms with Crippen LogP contribution < -0.4 is 5.73 Å². The number of hydrogen-bond acceptors (Lipinski definition) is 4. The normalized spacial score (nSPS) is 15.2. The van der Waals surface area contributed by atoms with Crippen LogP contribution in [-0.2, 0) is 5.41 Å². The predicted octanol–water partition coefficient (Wildman–Crippen LogP) is 1.34. The second-order valence-corrected chi connectivity index (χ2v) is 4.34. The second kappa shape index (κ2) is 3.88. The summed E-state index contributed by atoms with van der Waals surface area (Å²) in [5.41, 5.74) is 7.82. The van der Waals surface area contributed by atoms with Gasteiger partial charge in [-0.05, 0) is 17.7 Å².